The normalized spacial score (nSPS) is 11.3. The molecule has 0 atom stereocenters. The van der Waals surface area contributed by atoms with E-state index in [4.69, 9.17) is 0 Å². The molecular weight excluding hydrogens is 504 g/mol. The molecule has 0 aliphatic rings. The number of hydrogen-bond donors (Lipinski definition) is 0. The van der Waals surface area contributed by atoms with E-state index < -0.39 is 0 Å². The zero-order valence-corrected chi connectivity index (χ0v) is 23.2. The summed E-state index contributed by atoms with van der Waals surface area (Å²) in [5.74, 6) is 0. The van der Waals surface area contributed by atoms with Gasteiger partial charge in [-0.15, -0.1) is 0 Å². The number of benzene rings is 8. The summed E-state index contributed by atoms with van der Waals surface area (Å²) in [7, 11) is 0. The van der Waals surface area contributed by atoms with Crippen molar-refractivity contribution < 1.29 is 0 Å². The van der Waals surface area contributed by atoms with Crippen molar-refractivity contribution in [3.63, 3.8) is 0 Å². The van der Waals surface area contributed by atoms with Crippen LogP contribution in [0.5, 0.6) is 0 Å². The summed E-state index contributed by atoms with van der Waals surface area (Å²) in [6, 6.07) is 61.8. The fourth-order valence-electron chi connectivity index (χ4n) is 6.27. The predicted octanol–water partition coefficient (Wildman–Crippen LogP) is 11.8. The SMILES string of the molecule is c1ccc(-c2ccc3cc(-c4cccc5cccc(-c6ccc7ccc(-c8ccccc8)cc7c6)c45)ccc3c2)cc1. The molecule has 0 fully saturated rings. The van der Waals surface area contributed by atoms with Crippen molar-refractivity contribution in [2.24, 2.45) is 0 Å². The second kappa shape index (κ2) is 10.2. The Kier molecular flexibility index (Phi) is 5.90. The van der Waals surface area contributed by atoms with Crippen LogP contribution in [0, 0.1) is 0 Å². The van der Waals surface area contributed by atoms with Crippen LogP contribution in [-0.2, 0) is 0 Å². The molecule has 0 aliphatic heterocycles. The van der Waals surface area contributed by atoms with Gasteiger partial charge in [0.15, 0.2) is 0 Å². The van der Waals surface area contributed by atoms with Crippen molar-refractivity contribution in [1.82, 2.24) is 0 Å². The summed E-state index contributed by atoms with van der Waals surface area (Å²) in [5.41, 5.74) is 9.96. The Balaban J connectivity index is 1.26. The van der Waals surface area contributed by atoms with E-state index in [9.17, 15) is 0 Å². The molecule has 8 rings (SSSR count). The molecule has 0 saturated carbocycles. The van der Waals surface area contributed by atoms with E-state index in [0.717, 1.165) is 0 Å². The van der Waals surface area contributed by atoms with E-state index in [1.165, 1.54) is 76.8 Å². The Labute approximate surface area is 246 Å². The quantitative estimate of drug-likeness (QED) is 0.211. The van der Waals surface area contributed by atoms with Crippen LogP contribution in [0.15, 0.2) is 170 Å². The Hall–Kier alpha value is -5.46. The van der Waals surface area contributed by atoms with Gasteiger partial charge in [0, 0.05) is 0 Å². The molecule has 0 heteroatoms. The summed E-state index contributed by atoms with van der Waals surface area (Å²) < 4.78 is 0. The van der Waals surface area contributed by atoms with E-state index in [1.54, 1.807) is 0 Å². The molecule has 0 nitrogen and oxygen atoms in total. The Morgan fingerprint density at radius 3 is 1.19 bits per heavy atom. The molecule has 0 spiro atoms. The molecule has 0 heterocycles. The molecule has 0 unspecified atom stereocenters. The number of fused-ring (bicyclic) bond motifs is 3. The van der Waals surface area contributed by atoms with Crippen molar-refractivity contribution in [3.8, 4) is 44.5 Å². The van der Waals surface area contributed by atoms with Crippen LogP contribution in [-0.4, -0.2) is 0 Å². The molecule has 196 valence electrons. The Bertz CT molecular complexity index is 2220. The van der Waals surface area contributed by atoms with Gasteiger partial charge in [0.05, 0.1) is 0 Å². The minimum absolute atomic E-state index is 1.24. The highest BCUT2D eigenvalue weighted by Crippen LogP contribution is 2.39. The van der Waals surface area contributed by atoms with Crippen molar-refractivity contribution in [2.45, 2.75) is 0 Å². The first-order valence-corrected chi connectivity index (χ1v) is 14.5. The number of hydrogen-bond acceptors (Lipinski definition) is 0. The Morgan fingerprint density at radius 2 is 0.643 bits per heavy atom. The van der Waals surface area contributed by atoms with Crippen molar-refractivity contribution in [1.29, 1.82) is 0 Å². The lowest BCUT2D eigenvalue weighted by molar-refractivity contribution is 1.63. The molecule has 8 aromatic rings. The van der Waals surface area contributed by atoms with Crippen LogP contribution in [0.4, 0.5) is 0 Å². The summed E-state index contributed by atoms with van der Waals surface area (Å²) in [5, 5.41) is 7.55. The fourth-order valence-corrected chi connectivity index (χ4v) is 6.27. The lowest BCUT2D eigenvalue weighted by Gasteiger charge is -2.14. The van der Waals surface area contributed by atoms with Gasteiger partial charge in [0.25, 0.3) is 0 Å². The van der Waals surface area contributed by atoms with Gasteiger partial charge in [0.1, 0.15) is 0 Å². The topological polar surface area (TPSA) is 0 Å². The third-order valence-corrected chi connectivity index (χ3v) is 8.42. The molecule has 8 aromatic carbocycles. The van der Waals surface area contributed by atoms with E-state index in [-0.39, 0.29) is 0 Å². The van der Waals surface area contributed by atoms with Gasteiger partial charge in [0.2, 0.25) is 0 Å². The maximum absolute atomic E-state index is 2.35. The average Bonchev–Trinajstić information content (AvgIpc) is 3.07. The molecule has 0 aliphatic carbocycles. The van der Waals surface area contributed by atoms with E-state index in [0.29, 0.717) is 0 Å². The first-order valence-electron chi connectivity index (χ1n) is 14.5. The zero-order valence-electron chi connectivity index (χ0n) is 23.2. The predicted molar refractivity (Wildman–Crippen MR) is 181 cm³/mol. The minimum atomic E-state index is 1.24. The van der Waals surface area contributed by atoms with Crippen LogP contribution < -0.4 is 0 Å². The molecule has 0 N–H and O–H groups in total. The second-order valence-corrected chi connectivity index (χ2v) is 11.0. The van der Waals surface area contributed by atoms with E-state index in [2.05, 4.69) is 170 Å². The lowest BCUT2D eigenvalue weighted by atomic mass is 9.89. The third kappa shape index (κ3) is 4.35. The maximum atomic E-state index is 2.35. The highest BCUT2D eigenvalue weighted by molar-refractivity contribution is 6.08. The Morgan fingerprint density at radius 1 is 0.214 bits per heavy atom. The highest BCUT2D eigenvalue weighted by atomic mass is 14.2. The average molecular weight is 533 g/mol. The lowest BCUT2D eigenvalue weighted by Crippen LogP contribution is -1.88. The third-order valence-electron chi connectivity index (χ3n) is 8.42. The van der Waals surface area contributed by atoms with Gasteiger partial charge in [-0.1, -0.05) is 146 Å². The standard InChI is InChI=1S/C42H28/c1-3-9-29(10-4-1)33-20-21-36-26-37(24-22-35(36)25-33)40-15-7-13-32-14-8-16-41(42(32)40)38-23-18-31-17-19-34(27-39(31)28-38)30-11-5-2-6-12-30/h1-28H. The fraction of sp³-hybridized carbons (Fsp3) is 0. The van der Waals surface area contributed by atoms with Crippen molar-refractivity contribution in [2.75, 3.05) is 0 Å². The first-order chi connectivity index (χ1) is 20.8. The minimum Gasteiger partial charge on any atom is -0.0622 e. The monoisotopic (exact) mass is 532 g/mol. The van der Waals surface area contributed by atoms with Crippen molar-refractivity contribution in [3.05, 3.63) is 170 Å². The smallest absolute Gasteiger partial charge is 0.00268 e. The van der Waals surface area contributed by atoms with E-state index >= 15 is 0 Å². The van der Waals surface area contributed by atoms with Gasteiger partial charge in [-0.3, -0.25) is 0 Å². The summed E-state index contributed by atoms with van der Waals surface area (Å²) >= 11 is 0. The second-order valence-electron chi connectivity index (χ2n) is 11.0. The molecule has 0 aromatic heterocycles. The van der Waals surface area contributed by atoms with Crippen LogP contribution in [0.25, 0.3) is 76.8 Å². The van der Waals surface area contributed by atoms with Gasteiger partial charge < -0.3 is 0 Å². The molecular formula is C42H28. The first kappa shape index (κ1) is 24.3. The maximum Gasteiger partial charge on any atom is -0.00268 e. The van der Waals surface area contributed by atoms with Gasteiger partial charge in [-0.2, -0.15) is 0 Å². The van der Waals surface area contributed by atoms with Crippen LogP contribution >= 0.6 is 0 Å². The van der Waals surface area contributed by atoms with Gasteiger partial charge in [-0.25, -0.2) is 0 Å². The van der Waals surface area contributed by atoms with Crippen LogP contribution in [0.3, 0.4) is 0 Å². The number of rotatable bonds is 4. The summed E-state index contributed by atoms with van der Waals surface area (Å²) in [6.45, 7) is 0. The molecule has 0 bridgehead atoms. The highest BCUT2D eigenvalue weighted by Gasteiger charge is 2.12. The molecule has 0 radical (unpaired) electrons. The zero-order chi connectivity index (χ0) is 27.9. The van der Waals surface area contributed by atoms with Crippen molar-refractivity contribution >= 4 is 32.3 Å². The van der Waals surface area contributed by atoms with Gasteiger partial charge in [-0.05, 0) is 101 Å². The molecule has 0 amide bonds. The van der Waals surface area contributed by atoms with Crippen LogP contribution in [0.2, 0.25) is 0 Å². The van der Waals surface area contributed by atoms with E-state index in [1.807, 2.05) is 0 Å². The summed E-state index contributed by atoms with van der Waals surface area (Å²) in [4.78, 5) is 0. The molecule has 42 heavy (non-hydrogen) atoms. The molecule has 0 saturated heterocycles. The largest absolute Gasteiger partial charge is 0.0622 e. The van der Waals surface area contributed by atoms with Crippen LogP contribution in [0.1, 0.15) is 0 Å². The van der Waals surface area contributed by atoms with Gasteiger partial charge >= 0.3 is 0 Å². The summed E-state index contributed by atoms with van der Waals surface area (Å²) in [6.07, 6.45) is 0.